The number of nitriles is 1. The summed E-state index contributed by atoms with van der Waals surface area (Å²) in [6, 6.07) is 2.32. The van der Waals surface area contributed by atoms with Gasteiger partial charge >= 0.3 is 0 Å². The first kappa shape index (κ1) is 8.34. The fraction of sp³-hybridized carbons (Fsp3) is 0.889. The molecule has 12 heavy (non-hydrogen) atoms. The monoisotopic (exact) mass is 185 g/mol. The molecule has 0 aromatic rings. The molecule has 0 aliphatic heterocycles. The maximum absolute atomic E-state index is 9.57. The maximum atomic E-state index is 9.57. The van der Waals surface area contributed by atoms with E-state index in [1.54, 1.807) is 0 Å². The third-order valence-electron chi connectivity index (χ3n) is 3.46. The number of aliphatic hydroxyl groups excluding tert-OH is 1. The number of aliphatic hydroxyl groups is 1. The average Bonchev–Trinajstić information content (AvgIpc) is 2.58. The summed E-state index contributed by atoms with van der Waals surface area (Å²) in [5, 5.41) is 18.5. The Morgan fingerprint density at radius 3 is 2.83 bits per heavy atom. The lowest BCUT2D eigenvalue weighted by Gasteiger charge is -2.27. The Bertz CT molecular complexity index is 225. The van der Waals surface area contributed by atoms with Gasteiger partial charge in [0.05, 0.1) is 18.1 Å². The fourth-order valence-corrected chi connectivity index (χ4v) is 3.29. The molecule has 0 heterocycles. The van der Waals surface area contributed by atoms with Gasteiger partial charge in [-0.1, -0.05) is 0 Å². The normalized spacial score (nSPS) is 50.9. The predicted molar refractivity (Wildman–Crippen MR) is 45.5 cm³/mol. The van der Waals surface area contributed by atoms with E-state index in [9.17, 15) is 5.11 Å². The number of fused-ring (bicyclic) bond motifs is 2. The second kappa shape index (κ2) is 2.90. The average molecular weight is 186 g/mol. The molecule has 0 saturated heterocycles. The van der Waals surface area contributed by atoms with Gasteiger partial charge in [0, 0.05) is 5.88 Å². The number of hydrogen-bond acceptors (Lipinski definition) is 2. The highest BCUT2D eigenvalue weighted by Gasteiger charge is 2.51. The molecule has 2 nitrogen and oxygen atoms in total. The first-order valence-electron chi connectivity index (χ1n) is 4.41. The van der Waals surface area contributed by atoms with E-state index in [0.29, 0.717) is 17.7 Å². The Morgan fingerprint density at radius 1 is 1.50 bits per heavy atom. The summed E-state index contributed by atoms with van der Waals surface area (Å²) in [6.45, 7) is 0. The zero-order valence-corrected chi connectivity index (χ0v) is 7.54. The van der Waals surface area contributed by atoms with Gasteiger partial charge in [-0.3, -0.25) is 0 Å². The summed E-state index contributed by atoms with van der Waals surface area (Å²) in [5.41, 5.74) is 0. The smallest absolute Gasteiger partial charge is 0.0662 e. The van der Waals surface area contributed by atoms with Crippen LogP contribution in [0, 0.1) is 35.0 Å². The molecule has 0 amide bonds. The second-order valence-corrected chi connectivity index (χ2v) is 4.24. The van der Waals surface area contributed by atoms with Crippen LogP contribution in [0.3, 0.4) is 0 Å². The molecule has 66 valence electrons. The summed E-state index contributed by atoms with van der Waals surface area (Å²) in [5.74, 6) is 1.59. The quantitative estimate of drug-likeness (QED) is 0.628. The minimum Gasteiger partial charge on any atom is -0.393 e. The molecule has 5 atom stereocenters. The van der Waals surface area contributed by atoms with Crippen molar-refractivity contribution in [3.05, 3.63) is 0 Å². The third-order valence-corrected chi connectivity index (χ3v) is 3.82. The van der Waals surface area contributed by atoms with Crippen molar-refractivity contribution in [1.29, 1.82) is 5.26 Å². The van der Waals surface area contributed by atoms with Gasteiger partial charge in [0.2, 0.25) is 0 Å². The molecule has 0 aromatic carbocycles. The number of alkyl halides is 1. The van der Waals surface area contributed by atoms with Gasteiger partial charge in [-0.05, 0) is 30.6 Å². The molecule has 2 fully saturated rings. The van der Waals surface area contributed by atoms with Crippen molar-refractivity contribution in [2.24, 2.45) is 23.7 Å². The van der Waals surface area contributed by atoms with Crippen molar-refractivity contribution in [2.45, 2.75) is 18.9 Å². The van der Waals surface area contributed by atoms with E-state index in [1.807, 2.05) is 0 Å². The molecule has 1 N–H and O–H groups in total. The topological polar surface area (TPSA) is 44.0 Å². The summed E-state index contributed by atoms with van der Waals surface area (Å²) in [4.78, 5) is 0. The highest BCUT2D eigenvalue weighted by atomic mass is 35.5. The van der Waals surface area contributed by atoms with Crippen molar-refractivity contribution >= 4 is 11.6 Å². The highest BCUT2D eigenvalue weighted by Crippen LogP contribution is 2.52. The number of hydrogen-bond donors (Lipinski definition) is 1. The molecule has 2 aliphatic rings. The van der Waals surface area contributed by atoms with E-state index in [1.165, 1.54) is 0 Å². The fourth-order valence-electron chi connectivity index (χ4n) is 2.87. The molecule has 0 spiro atoms. The van der Waals surface area contributed by atoms with Crippen LogP contribution in [0.2, 0.25) is 0 Å². The van der Waals surface area contributed by atoms with Crippen LogP contribution < -0.4 is 0 Å². The SMILES string of the molecule is N#C[C@H]1[C@H]2C[C@@H]([C@@H]1CCl)[C@H](O)C2. The zero-order chi connectivity index (χ0) is 8.72. The van der Waals surface area contributed by atoms with Crippen LogP contribution in [0.15, 0.2) is 0 Å². The summed E-state index contributed by atoms with van der Waals surface area (Å²) < 4.78 is 0. The number of nitrogens with zero attached hydrogens (tertiary/aromatic N) is 1. The Labute approximate surface area is 77.1 Å². The van der Waals surface area contributed by atoms with Crippen LogP contribution >= 0.6 is 11.6 Å². The summed E-state index contributed by atoms with van der Waals surface area (Å²) in [6.07, 6.45) is 1.64. The maximum Gasteiger partial charge on any atom is 0.0662 e. The van der Waals surface area contributed by atoms with Crippen LogP contribution in [0.1, 0.15) is 12.8 Å². The number of rotatable bonds is 1. The van der Waals surface area contributed by atoms with Gasteiger partial charge in [0.25, 0.3) is 0 Å². The molecule has 3 heteroatoms. The van der Waals surface area contributed by atoms with Crippen LogP contribution in [0.4, 0.5) is 0 Å². The van der Waals surface area contributed by atoms with Crippen molar-refractivity contribution in [3.63, 3.8) is 0 Å². The van der Waals surface area contributed by atoms with Crippen molar-refractivity contribution in [3.8, 4) is 6.07 Å². The molecule has 2 rings (SSSR count). The molecular formula is C9H12ClNO. The Kier molecular flexibility index (Phi) is 2.02. The van der Waals surface area contributed by atoms with E-state index in [0.717, 1.165) is 12.8 Å². The van der Waals surface area contributed by atoms with Crippen molar-refractivity contribution in [1.82, 2.24) is 0 Å². The van der Waals surface area contributed by atoms with Crippen LogP contribution in [-0.4, -0.2) is 17.1 Å². The summed E-state index contributed by atoms with van der Waals surface area (Å²) in [7, 11) is 0. The number of halogens is 1. The van der Waals surface area contributed by atoms with Gasteiger partial charge in [-0.25, -0.2) is 0 Å². The van der Waals surface area contributed by atoms with Gasteiger partial charge in [-0.15, -0.1) is 11.6 Å². The molecule has 2 saturated carbocycles. The molecule has 0 radical (unpaired) electrons. The van der Waals surface area contributed by atoms with Crippen LogP contribution in [-0.2, 0) is 0 Å². The lowest BCUT2D eigenvalue weighted by Crippen LogP contribution is -2.31. The second-order valence-electron chi connectivity index (χ2n) is 3.94. The molecule has 2 aliphatic carbocycles. The lowest BCUT2D eigenvalue weighted by molar-refractivity contribution is 0.0736. The van der Waals surface area contributed by atoms with E-state index in [4.69, 9.17) is 16.9 Å². The molecule has 2 bridgehead atoms. The van der Waals surface area contributed by atoms with Gasteiger partial charge in [-0.2, -0.15) is 5.26 Å². The predicted octanol–water partition coefficient (Wildman–Crippen LogP) is 1.38. The van der Waals surface area contributed by atoms with Gasteiger partial charge in [0.15, 0.2) is 0 Å². The van der Waals surface area contributed by atoms with Crippen LogP contribution in [0.25, 0.3) is 0 Å². The van der Waals surface area contributed by atoms with E-state index >= 15 is 0 Å². The van der Waals surface area contributed by atoms with E-state index in [-0.39, 0.29) is 17.9 Å². The first-order chi connectivity index (χ1) is 5.77. The standard InChI is InChI=1S/C9H12ClNO/c10-3-7-6-1-5(2-9(6)12)8(7)4-11/h5-9,12H,1-3H2/t5-,6-,7-,8-,9+/m0/s1. The molecular weight excluding hydrogens is 174 g/mol. The first-order valence-corrected chi connectivity index (χ1v) is 4.95. The van der Waals surface area contributed by atoms with Crippen molar-refractivity contribution in [2.75, 3.05) is 5.88 Å². The Morgan fingerprint density at radius 2 is 2.25 bits per heavy atom. The Hall–Kier alpha value is -0.260. The summed E-state index contributed by atoms with van der Waals surface area (Å²) >= 11 is 5.78. The van der Waals surface area contributed by atoms with E-state index < -0.39 is 0 Å². The Balaban J connectivity index is 2.18. The zero-order valence-electron chi connectivity index (χ0n) is 6.78. The minimum absolute atomic E-state index is 0.107. The minimum atomic E-state index is -0.191. The largest absolute Gasteiger partial charge is 0.393 e. The van der Waals surface area contributed by atoms with Gasteiger partial charge in [0.1, 0.15) is 0 Å². The lowest BCUT2D eigenvalue weighted by atomic mass is 9.80. The van der Waals surface area contributed by atoms with Crippen molar-refractivity contribution < 1.29 is 5.11 Å². The molecule has 0 unspecified atom stereocenters. The molecule has 0 aromatic heterocycles. The van der Waals surface area contributed by atoms with E-state index in [2.05, 4.69) is 6.07 Å². The van der Waals surface area contributed by atoms with Gasteiger partial charge < -0.3 is 5.11 Å². The third kappa shape index (κ3) is 0.967. The van der Waals surface area contributed by atoms with Crippen LogP contribution in [0.5, 0.6) is 0 Å². The highest BCUT2D eigenvalue weighted by molar-refractivity contribution is 6.18.